The van der Waals surface area contributed by atoms with Crippen molar-refractivity contribution in [2.45, 2.75) is 63.9 Å². The molecule has 0 unspecified atom stereocenters. The van der Waals surface area contributed by atoms with Crippen LogP contribution >= 0.6 is 11.8 Å². The summed E-state index contributed by atoms with van der Waals surface area (Å²) < 4.78 is 7.23. The Balaban J connectivity index is 2.09. The van der Waals surface area contributed by atoms with E-state index in [1.165, 1.54) is 22.3 Å². The molecule has 0 fully saturated rings. The zero-order valence-corrected chi connectivity index (χ0v) is 16.5. The highest BCUT2D eigenvalue weighted by Gasteiger charge is 2.16. The van der Waals surface area contributed by atoms with Gasteiger partial charge in [-0.3, -0.25) is 0 Å². The van der Waals surface area contributed by atoms with E-state index in [-0.39, 0.29) is 5.41 Å². The summed E-state index contributed by atoms with van der Waals surface area (Å²) in [5.74, 6) is 0.922. The van der Waals surface area contributed by atoms with Gasteiger partial charge in [-0.1, -0.05) is 44.7 Å². The minimum atomic E-state index is 0.183. The van der Waals surface area contributed by atoms with Crippen LogP contribution in [0, 0.1) is 13.8 Å². The summed E-state index contributed by atoms with van der Waals surface area (Å²) in [4.78, 5) is 0. The van der Waals surface area contributed by atoms with Crippen LogP contribution in [0.4, 0.5) is 0 Å². The van der Waals surface area contributed by atoms with Crippen LogP contribution in [0.3, 0.4) is 0 Å². The van der Waals surface area contributed by atoms with Crippen LogP contribution in [-0.4, -0.2) is 28.5 Å². The fourth-order valence-corrected chi connectivity index (χ4v) is 3.82. The molecule has 1 aromatic heterocycles. The zero-order valence-electron chi connectivity index (χ0n) is 15.7. The third-order valence-corrected chi connectivity index (χ3v) is 5.24. The summed E-state index contributed by atoms with van der Waals surface area (Å²) in [6.45, 7) is 12.9. The van der Waals surface area contributed by atoms with Crippen LogP contribution in [0.2, 0.25) is 0 Å². The Bertz CT molecular complexity index is 650. The van der Waals surface area contributed by atoms with Crippen molar-refractivity contribution in [3.8, 4) is 0 Å². The molecule has 0 spiro atoms. The number of aromatic nitrogens is 3. The van der Waals surface area contributed by atoms with Crippen LogP contribution < -0.4 is 0 Å². The maximum Gasteiger partial charge on any atom is 0.191 e. The lowest BCUT2D eigenvalue weighted by Crippen LogP contribution is -2.12. The van der Waals surface area contributed by atoms with Gasteiger partial charge in [-0.05, 0) is 47.9 Å². The first-order valence-electron chi connectivity index (χ1n) is 8.43. The smallest absolute Gasteiger partial charge is 0.191 e. The number of benzene rings is 1. The summed E-state index contributed by atoms with van der Waals surface area (Å²) in [6.07, 6.45) is 2.78. The van der Waals surface area contributed by atoms with E-state index in [0.717, 1.165) is 30.5 Å². The molecule has 1 aromatic carbocycles. The molecular weight excluding hydrogens is 318 g/mol. The molecule has 132 valence electrons. The standard InChI is InChI=1S/C19H29N3OS/c1-14-10-16(19(3,4)5)11-15(2)17(14)12-24-18-21-20-13-22(18)8-7-9-23-6/h10-11,13H,7-9,12H2,1-6H3. The van der Waals surface area contributed by atoms with Gasteiger partial charge in [-0.25, -0.2) is 0 Å². The van der Waals surface area contributed by atoms with Crippen molar-refractivity contribution < 1.29 is 4.74 Å². The van der Waals surface area contributed by atoms with E-state index in [1.54, 1.807) is 25.2 Å². The van der Waals surface area contributed by atoms with Crippen LogP contribution in [-0.2, 0) is 22.4 Å². The highest BCUT2D eigenvalue weighted by atomic mass is 32.2. The second-order valence-electron chi connectivity index (χ2n) is 7.28. The summed E-state index contributed by atoms with van der Waals surface area (Å²) in [5, 5.41) is 9.29. The van der Waals surface area contributed by atoms with Crippen molar-refractivity contribution in [1.29, 1.82) is 0 Å². The first-order valence-corrected chi connectivity index (χ1v) is 9.41. The molecule has 0 aliphatic heterocycles. The van der Waals surface area contributed by atoms with E-state index in [9.17, 15) is 0 Å². The number of nitrogens with zero attached hydrogens (tertiary/aromatic N) is 3. The minimum absolute atomic E-state index is 0.183. The Hall–Kier alpha value is -1.33. The maximum absolute atomic E-state index is 5.12. The predicted molar refractivity (Wildman–Crippen MR) is 101 cm³/mol. The number of hydrogen-bond acceptors (Lipinski definition) is 4. The van der Waals surface area contributed by atoms with E-state index in [2.05, 4.69) is 61.5 Å². The fourth-order valence-electron chi connectivity index (χ4n) is 2.68. The van der Waals surface area contributed by atoms with Gasteiger partial charge in [0, 0.05) is 26.0 Å². The topological polar surface area (TPSA) is 39.9 Å². The van der Waals surface area contributed by atoms with Gasteiger partial charge in [0.2, 0.25) is 0 Å². The molecule has 2 rings (SSSR count). The Kier molecular flexibility index (Phi) is 6.47. The van der Waals surface area contributed by atoms with Crippen molar-refractivity contribution in [2.75, 3.05) is 13.7 Å². The number of methoxy groups -OCH3 is 1. The van der Waals surface area contributed by atoms with Gasteiger partial charge in [-0.2, -0.15) is 0 Å². The second-order valence-corrected chi connectivity index (χ2v) is 8.22. The second kappa shape index (κ2) is 8.17. The van der Waals surface area contributed by atoms with Gasteiger partial charge in [0.1, 0.15) is 6.33 Å². The molecule has 5 heteroatoms. The lowest BCUT2D eigenvalue weighted by atomic mass is 9.84. The molecule has 0 bridgehead atoms. The number of hydrogen-bond donors (Lipinski definition) is 0. The Morgan fingerprint density at radius 3 is 2.42 bits per heavy atom. The van der Waals surface area contributed by atoms with Crippen LogP contribution in [0.15, 0.2) is 23.6 Å². The van der Waals surface area contributed by atoms with Crippen molar-refractivity contribution in [2.24, 2.45) is 0 Å². The van der Waals surface area contributed by atoms with Gasteiger partial charge in [-0.15, -0.1) is 10.2 Å². The van der Waals surface area contributed by atoms with Crippen LogP contribution in [0.1, 0.15) is 49.4 Å². The third kappa shape index (κ3) is 4.84. The van der Waals surface area contributed by atoms with Gasteiger partial charge < -0.3 is 9.30 Å². The van der Waals surface area contributed by atoms with E-state index in [1.807, 2.05) is 0 Å². The number of thioether (sulfide) groups is 1. The Labute approximate surface area is 150 Å². The van der Waals surface area contributed by atoms with Gasteiger partial charge in [0.15, 0.2) is 5.16 Å². The monoisotopic (exact) mass is 347 g/mol. The quantitative estimate of drug-likeness (QED) is 0.545. The molecule has 0 aliphatic rings. The maximum atomic E-state index is 5.12. The van der Waals surface area contributed by atoms with Gasteiger partial charge >= 0.3 is 0 Å². The average Bonchev–Trinajstić information content (AvgIpc) is 2.93. The highest BCUT2D eigenvalue weighted by molar-refractivity contribution is 7.98. The summed E-state index contributed by atoms with van der Waals surface area (Å²) in [7, 11) is 1.73. The summed E-state index contributed by atoms with van der Waals surface area (Å²) in [5.41, 5.74) is 5.70. The minimum Gasteiger partial charge on any atom is -0.385 e. The lowest BCUT2D eigenvalue weighted by molar-refractivity contribution is 0.189. The number of ether oxygens (including phenoxy) is 1. The molecular formula is C19H29N3OS. The molecule has 24 heavy (non-hydrogen) atoms. The molecule has 1 heterocycles. The molecule has 2 aromatic rings. The normalized spacial score (nSPS) is 11.9. The van der Waals surface area contributed by atoms with Crippen molar-refractivity contribution in [1.82, 2.24) is 14.8 Å². The molecule has 4 nitrogen and oxygen atoms in total. The molecule has 0 saturated carbocycles. The SMILES string of the molecule is COCCCn1cnnc1SCc1c(C)cc(C(C)(C)C)cc1C. The number of aryl methyl sites for hydroxylation is 3. The molecule has 0 atom stereocenters. The van der Waals surface area contributed by atoms with Crippen LogP contribution in [0.25, 0.3) is 0 Å². The third-order valence-electron chi connectivity index (χ3n) is 4.24. The molecule has 0 saturated heterocycles. The van der Waals surface area contributed by atoms with E-state index in [4.69, 9.17) is 4.74 Å². The fraction of sp³-hybridized carbons (Fsp3) is 0.579. The van der Waals surface area contributed by atoms with Crippen molar-refractivity contribution in [3.63, 3.8) is 0 Å². The zero-order chi connectivity index (χ0) is 17.7. The first kappa shape index (κ1) is 19.0. The van der Waals surface area contributed by atoms with E-state index in [0.29, 0.717) is 0 Å². The first-order chi connectivity index (χ1) is 11.3. The Morgan fingerprint density at radius 1 is 1.17 bits per heavy atom. The number of rotatable bonds is 7. The van der Waals surface area contributed by atoms with E-state index < -0.39 is 0 Å². The van der Waals surface area contributed by atoms with Crippen molar-refractivity contribution >= 4 is 11.8 Å². The van der Waals surface area contributed by atoms with Crippen molar-refractivity contribution in [3.05, 3.63) is 40.7 Å². The summed E-state index contributed by atoms with van der Waals surface area (Å²) >= 11 is 1.76. The van der Waals surface area contributed by atoms with Gasteiger partial charge in [0.25, 0.3) is 0 Å². The largest absolute Gasteiger partial charge is 0.385 e. The predicted octanol–water partition coefficient (Wildman–Crippen LogP) is 4.52. The molecule has 0 N–H and O–H groups in total. The van der Waals surface area contributed by atoms with Crippen LogP contribution in [0.5, 0.6) is 0 Å². The molecule has 0 radical (unpaired) electrons. The Morgan fingerprint density at radius 2 is 1.83 bits per heavy atom. The van der Waals surface area contributed by atoms with E-state index >= 15 is 0 Å². The van der Waals surface area contributed by atoms with Gasteiger partial charge in [0.05, 0.1) is 0 Å². The average molecular weight is 348 g/mol. The molecule has 0 aliphatic carbocycles. The molecule has 0 amide bonds. The highest BCUT2D eigenvalue weighted by Crippen LogP contribution is 2.30. The lowest BCUT2D eigenvalue weighted by Gasteiger charge is -2.22. The summed E-state index contributed by atoms with van der Waals surface area (Å²) in [6, 6.07) is 4.65.